The van der Waals surface area contributed by atoms with E-state index in [1.54, 1.807) is 37.6 Å². The SMILES string of the molecule is COc1ccc2c(C(=O)NCc3ccccc3F)c[nH]c2c1. The molecule has 4 nitrogen and oxygen atoms in total. The van der Waals surface area contributed by atoms with Crippen LogP contribution in [-0.2, 0) is 6.54 Å². The lowest BCUT2D eigenvalue weighted by Crippen LogP contribution is -2.23. The van der Waals surface area contributed by atoms with E-state index in [0.717, 1.165) is 10.9 Å². The van der Waals surface area contributed by atoms with Crippen LogP contribution in [0.25, 0.3) is 10.9 Å². The number of carbonyl (C=O) groups is 1. The highest BCUT2D eigenvalue weighted by Crippen LogP contribution is 2.23. The van der Waals surface area contributed by atoms with E-state index in [1.165, 1.54) is 6.07 Å². The number of aromatic amines is 1. The first kappa shape index (κ1) is 14.1. The topological polar surface area (TPSA) is 54.1 Å². The number of hydrogen-bond donors (Lipinski definition) is 2. The highest BCUT2D eigenvalue weighted by Gasteiger charge is 2.13. The van der Waals surface area contributed by atoms with Gasteiger partial charge in [0.2, 0.25) is 0 Å². The van der Waals surface area contributed by atoms with Gasteiger partial charge in [-0.1, -0.05) is 18.2 Å². The smallest absolute Gasteiger partial charge is 0.253 e. The monoisotopic (exact) mass is 298 g/mol. The van der Waals surface area contributed by atoms with E-state index in [-0.39, 0.29) is 18.3 Å². The summed E-state index contributed by atoms with van der Waals surface area (Å²) in [4.78, 5) is 15.3. The number of halogens is 1. The van der Waals surface area contributed by atoms with E-state index in [1.807, 2.05) is 12.1 Å². The largest absolute Gasteiger partial charge is 0.497 e. The molecule has 0 atom stereocenters. The zero-order chi connectivity index (χ0) is 15.5. The number of nitrogens with one attached hydrogen (secondary N) is 2. The molecule has 0 aliphatic heterocycles. The first-order valence-electron chi connectivity index (χ1n) is 6.86. The fourth-order valence-corrected chi connectivity index (χ4v) is 2.33. The summed E-state index contributed by atoms with van der Waals surface area (Å²) in [6.07, 6.45) is 1.64. The molecule has 0 bridgehead atoms. The molecule has 1 aromatic heterocycles. The van der Waals surface area contributed by atoms with Crippen molar-refractivity contribution in [1.82, 2.24) is 10.3 Å². The number of H-pyrrole nitrogens is 1. The molecule has 0 saturated carbocycles. The lowest BCUT2D eigenvalue weighted by atomic mass is 10.1. The predicted molar refractivity (Wildman–Crippen MR) is 82.4 cm³/mol. The minimum Gasteiger partial charge on any atom is -0.497 e. The molecule has 1 amide bonds. The molecule has 0 saturated heterocycles. The van der Waals surface area contributed by atoms with Gasteiger partial charge in [-0.15, -0.1) is 0 Å². The standard InChI is InChI=1S/C17H15FN2O2/c1-22-12-6-7-13-14(10-19-16(13)8-12)17(21)20-9-11-4-2-3-5-15(11)18/h2-8,10,19H,9H2,1H3,(H,20,21). The normalized spacial score (nSPS) is 10.6. The second kappa shape index (κ2) is 5.89. The first-order chi connectivity index (χ1) is 10.7. The lowest BCUT2D eigenvalue weighted by molar-refractivity contribution is 0.0952. The Labute approximate surface area is 126 Å². The van der Waals surface area contributed by atoms with Crippen LogP contribution >= 0.6 is 0 Å². The van der Waals surface area contributed by atoms with Crippen molar-refractivity contribution in [2.24, 2.45) is 0 Å². The zero-order valence-corrected chi connectivity index (χ0v) is 12.0. The third-order valence-corrected chi connectivity index (χ3v) is 3.53. The fraction of sp³-hybridized carbons (Fsp3) is 0.118. The maximum atomic E-state index is 13.5. The van der Waals surface area contributed by atoms with E-state index in [9.17, 15) is 9.18 Å². The van der Waals surface area contributed by atoms with Gasteiger partial charge in [-0.3, -0.25) is 4.79 Å². The van der Waals surface area contributed by atoms with E-state index < -0.39 is 0 Å². The molecule has 0 aliphatic carbocycles. The van der Waals surface area contributed by atoms with Crippen molar-refractivity contribution in [3.63, 3.8) is 0 Å². The van der Waals surface area contributed by atoms with Gasteiger partial charge in [0, 0.05) is 35.3 Å². The third-order valence-electron chi connectivity index (χ3n) is 3.53. The van der Waals surface area contributed by atoms with Crippen molar-refractivity contribution in [3.05, 3.63) is 65.6 Å². The van der Waals surface area contributed by atoms with Gasteiger partial charge >= 0.3 is 0 Å². The Hall–Kier alpha value is -2.82. The van der Waals surface area contributed by atoms with Crippen LogP contribution in [0.3, 0.4) is 0 Å². The summed E-state index contributed by atoms with van der Waals surface area (Å²) in [5, 5.41) is 3.53. The summed E-state index contributed by atoms with van der Waals surface area (Å²) in [5.74, 6) is 0.138. The molecule has 22 heavy (non-hydrogen) atoms. The van der Waals surface area contributed by atoms with Gasteiger partial charge < -0.3 is 15.0 Å². The number of ether oxygens (including phenoxy) is 1. The number of benzene rings is 2. The van der Waals surface area contributed by atoms with Gasteiger partial charge in [0.15, 0.2) is 0 Å². The molecule has 0 radical (unpaired) electrons. The predicted octanol–water partition coefficient (Wildman–Crippen LogP) is 3.25. The quantitative estimate of drug-likeness (QED) is 0.777. The molecule has 3 rings (SSSR count). The number of aromatic nitrogens is 1. The van der Waals surface area contributed by atoms with Gasteiger partial charge in [-0.25, -0.2) is 4.39 Å². The molecule has 5 heteroatoms. The minimum atomic E-state index is -0.327. The van der Waals surface area contributed by atoms with Crippen LogP contribution in [-0.4, -0.2) is 18.0 Å². The Bertz CT molecular complexity index is 826. The van der Waals surface area contributed by atoms with Crippen LogP contribution in [0.4, 0.5) is 4.39 Å². The number of amides is 1. The Morgan fingerprint density at radius 3 is 2.86 bits per heavy atom. The number of methoxy groups -OCH3 is 1. The van der Waals surface area contributed by atoms with Gasteiger partial charge in [-0.05, 0) is 18.2 Å². The summed E-state index contributed by atoms with van der Waals surface area (Å²) < 4.78 is 18.7. The van der Waals surface area contributed by atoms with E-state index >= 15 is 0 Å². The minimum absolute atomic E-state index is 0.147. The van der Waals surface area contributed by atoms with Crippen molar-refractivity contribution in [3.8, 4) is 5.75 Å². The van der Waals surface area contributed by atoms with E-state index in [0.29, 0.717) is 16.9 Å². The van der Waals surface area contributed by atoms with Gasteiger partial charge in [0.25, 0.3) is 5.91 Å². The Morgan fingerprint density at radius 2 is 2.09 bits per heavy atom. The van der Waals surface area contributed by atoms with Crippen molar-refractivity contribution in [2.45, 2.75) is 6.54 Å². The average molecular weight is 298 g/mol. The molecule has 0 unspecified atom stereocenters. The van der Waals surface area contributed by atoms with Crippen molar-refractivity contribution in [1.29, 1.82) is 0 Å². The number of fused-ring (bicyclic) bond motifs is 1. The number of hydrogen-bond acceptors (Lipinski definition) is 2. The molecule has 1 heterocycles. The van der Waals surface area contributed by atoms with Gasteiger partial charge in [0.1, 0.15) is 11.6 Å². The highest BCUT2D eigenvalue weighted by molar-refractivity contribution is 6.06. The highest BCUT2D eigenvalue weighted by atomic mass is 19.1. The average Bonchev–Trinajstić information content (AvgIpc) is 2.96. The van der Waals surface area contributed by atoms with Crippen LogP contribution in [0.1, 0.15) is 15.9 Å². The van der Waals surface area contributed by atoms with Gasteiger partial charge in [-0.2, -0.15) is 0 Å². The summed E-state index contributed by atoms with van der Waals surface area (Å²) in [7, 11) is 1.59. The van der Waals surface area contributed by atoms with Crippen LogP contribution in [0.15, 0.2) is 48.7 Å². The van der Waals surface area contributed by atoms with E-state index in [4.69, 9.17) is 4.74 Å². The Balaban J connectivity index is 1.79. The van der Waals surface area contributed by atoms with Crippen LogP contribution in [0, 0.1) is 5.82 Å². The number of rotatable bonds is 4. The lowest BCUT2D eigenvalue weighted by Gasteiger charge is -2.06. The Kier molecular flexibility index (Phi) is 3.78. The number of carbonyl (C=O) groups excluding carboxylic acids is 1. The van der Waals surface area contributed by atoms with Crippen molar-refractivity contribution < 1.29 is 13.9 Å². The maximum absolute atomic E-state index is 13.5. The van der Waals surface area contributed by atoms with Gasteiger partial charge in [0.05, 0.1) is 12.7 Å². The third kappa shape index (κ3) is 2.65. The van der Waals surface area contributed by atoms with Crippen LogP contribution in [0.5, 0.6) is 5.75 Å². The maximum Gasteiger partial charge on any atom is 0.253 e. The molecule has 2 aromatic carbocycles. The first-order valence-corrected chi connectivity index (χ1v) is 6.86. The second-order valence-corrected chi connectivity index (χ2v) is 4.89. The molecule has 0 spiro atoms. The van der Waals surface area contributed by atoms with Crippen LogP contribution in [0.2, 0.25) is 0 Å². The summed E-state index contributed by atoms with van der Waals surface area (Å²) >= 11 is 0. The second-order valence-electron chi connectivity index (χ2n) is 4.89. The van der Waals surface area contributed by atoms with E-state index in [2.05, 4.69) is 10.3 Å². The summed E-state index contributed by atoms with van der Waals surface area (Å²) in [6.45, 7) is 0.147. The molecule has 2 N–H and O–H groups in total. The molecular formula is C17H15FN2O2. The molecule has 3 aromatic rings. The molecule has 112 valence electrons. The summed E-state index contributed by atoms with van der Waals surface area (Å²) in [5.41, 5.74) is 1.79. The summed E-state index contributed by atoms with van der Waals surface area (Å²) in [6, 6.07) is 11.8. The zero-order valence-electron chi connectivity index (χ0n) is 12.0. The molecular weight excluding hydrogens is 283 g/mol. The fourth-order valence-electron chi connectivity index (χ4n) is 2.33. The van der Waals surface area contributed by atoms with Crippen molar-refractivity contribution >= 4 is 16.8 Å². The molecule has 0 aliphatic rings. The Morgan fingerprint density at radius 1 is 1.27 bits per heavy atom. The van der Waals surface area contributed by atoms with Crippen molar-refractivity contribution in [2.75, 3.05) is 7.11 Å². The molecule has 0 fully saturated rings. The van der Waals surface area contributed by atoms with Crippen LogP contribution < -0.4 is 10.1 Å².